The lowest BCUT2D eigenvalue weighted by Gasteiger charge is -2.28. The van der Waals surface area contributed by atoms with E-state index < -0.39 is 0 Å². The first-order valence-electron chi connectivity index (χ1n) is 7.39. The summed E-state index contributed by atoms with van der Waals surface area (Å²) in [6.45, 7) is 0.944. The molecule has 0 spiro atoms. The average molecular weight is 299 g/mol. The molecule has 0 aromatic heterocycles. The van der Waals surface area contributed by atoms with E-state index in [4.69, 9.17) is 14.2 Å². The van der Waals surface area contributed by atoms with E-state index in [-0.39, 0.29) is 6.04 Å². The summed E-state index contributed by atoms with van der Waals surface area (Å²) in [5.74, 6) is 2.41. The highest BCUT2D eigenvalue weighted by Gasteiger charge is 2.22. The quantitative estimate of drug-likeness (QED) is 0.942. The predicted molar refractivity (Wildman–Crippen MR) is 86.1 cm³/mol. The number of hydrogen-bond acceptors (Lipinski definition) is 4. The molecule has 0 fully saturated rings. The Morgan fingerprint density at radius 1 is 0.909 bits per heavy atom. The maximum Gasteiger partial charge on any atom is 0.161 e. The van der Waals surface area contributed by atoms with Gasteiger partial charge in [-0.15, -0.1) is 0 Å². The third-order valence-electron chi connectivity index (χ3n) is 4.14. The number of rotatable bonds is 4. The van der Waals surface area contributed by atoms with Crippen molar-refractivity contribution >= 4 is 0 Å². The van der Waals surface area contributed by atoms with Crippen LogP contribution in [0.3, 0.4) is 0 Å². The van der Waals surface area contributed by atoms with Crippen molar-refractivity contribution in [3.8, 4) is 17.2 Å². The average Bonchev–Trinajstić information content (AvgIpc) is 2.60. The molecule has 3 rings (SSSR count). The summed E-state index contributed by atoms with van der Waals surface area (Å²) < 4.78 is 16.1. The number of ether oxygens (including phenoxy) is 3. The standard InChI is InChI=1S/C18H21NO3/c1-20-14-5-6-15-12(10-14)8-9-19-18(15)13-4-7-16(21-2)17(11-13)22-3/h4-7,10-11,18-19H,8-9H2,1-3H3. The topological polar surface area (TPSA) is 39.7 Å². The Bertz CT molecular complexity index is 669. The van der Waals surface area contributed by atoms with Gasteiger partial charge in [0.2, 0.25) is 0 Å². The number of hydrogen-bond donors (Lipinski definition) is 1. The molecule has 0 bridgehead atoms. The van der Waals surface area contributed by atoms with Crippen molar-refractivity contribution in [3.05, 3.63) is 53.1 Å². The molecule has 0 amide bonds. The summed E-state index contributed by atoms with van der Waals surface area (Å²) in [6, 6.07) is 12.5. The van der Waals surface area contributed by atoms with E-state index in [1.165, 1.54) is 16.7 Å². The minimum Gasteiger partial charge on any atom is -0.497 e. The van der Waals surface area contributed by atoms with Crippen molar-refractivity contribution in [1.29, 1.82) is 0 Å². The van der Waals surface area contributed by atoms with Gasteiger partial charge in [0.25, 0.3) is 0 Å². The van der Waals surface area contributed by atoms with Gasteiger partial charge in [0.05, 0.1) is 27.4 Å². The van der Waals surface area contributed by atoms with Crippen LogP contribution in [-0.4, -0.2) is 27.9 Å². The molecule has 0 radical (unpaired) electrons. The van der Waals surface area contributed by atoms with Crippen LogP contribution in [-0.2, 0) is 6.42 Å². The Balaban J connectivity index is 2.00. The molecular formula is C18H21NO3. The van der Waals surface area contributed by atoms with Gasteiger partial charge in [-0.2, -0.15) is 0 Å². The predicted octanol–water partition coefficient (Wildman–Crippen LogP) is 2.95. The molecular weight excluding hydrogens is 278 g/mol. The third kappa shape index (κ3) is 2.62. The summed E-state index contributed by atoms with van der Waals surface area (Å²) >= 11 is 0. The Hall–Kier alpha value is -2.20. The molecule has 116 valence electrons. The first-order chi connectivity index (χ1) is 10.8. The zero-order valence-electron chi connectivity index (χ0n) is 13.2. The van der Waals surface area contributed by atoms with Crippen LogP contribution >= 0.6 is 0 Å². The summed E-state index contributed by atoms with van der Waals surface area (Å²) in [5.41, 5.74) is 3.79. The molecule has 1 aliphatic rings. The van der Waals surface area contributed by atoms with Crippen LogP contribution in [0, 0.1) is 0 Å². The van der Waals surface area contributed by atoms with Crippen LogP contribution in [0.25, 0.3) is 0 Å². The van der Waals surface area contributed by atoms with E-state index >= 15 is 0 Å². The summed E-state index contributed by atoms with van der Waals surface area (Å²) in [6.07, 6.45) is 1.01. The molecule has 1 atom stereocenters. The molecule has 0 saturated heterocycles. The second kappa shape index (κ2) is 6.28. The zero-order valence-corrected chi connectivity index (χ0v) is 13.2. The van der Waals surface area contributed by atoms with Crippen LogP contribution in [0.1, 0.15) is 22.7 Å². The van der Waals surface area contributed by atoms with Crippen molar-refractivity contribution in [2.45, 2.75) is 12.5 Å². The van der Waals surface area contributed by atoms with E-state index in [1.807, 2.05) is 18.2 Å². The fourth-order valence-corrected chi connectivity index (χ4v) is 3.00. The highest BCUT2D eigenvalue weighted by molar-refractivity contribution is 5.48. The SMILES string of the molecule is COc1ccc2c(c1)CCNC2c1ccc(OC)c(OC)c1. The van der Waals surface area contributed by atoms with Gasteiger partial charge in [-0.25, -0.2) is 0 Å². The van der Waals surface area contributed by atoms with Crippen LogP contribution in [0.15, 0.2) is 36.4 Å². The summed E-state index contributed by atoms with van der Waals surface area (Å²) in [4.78, 5) is 0. The lowest BCUT2D eigenvalue weighted by Crippen LogP contribution is -2.30. The van der Waals surface area contributed by atoms with Gasteiger partial charge in [0.1, 0.15) is 5.75 Å². The van der Waals surface area contributed by atoms with Crippen LogP contribution in [0.2, 0.25) is 0 Å². The fourth-order valence-electron chi connectivity index (χ4n) is 3.00. The molecule has 1 unspecified atom stereocenters. The molecule has 1 aliphatic heterocycles. The van der Waals surface area contributed by atoms with Gasteiger partial charge in [0.15, 0.2) is 11.5 Å². The Morgan fingerprint density at radius 3 is 2.45 bits per heavy atom. The van der Waals surface area contributed by atoms with Gasteiger partial charge in [0, 0.05) is 6.54 Å². The lowest BCUT2D eigenvalue weighted by atomic mass is 9.89. The van der Waals surface area contributed by atoms with Crippen molar-refractivity contribution in [3.63, 3.8) is 0 Å². The zero-order chi connectivity index (χ0) is 15.5. The molecule has 1 N–H and O–H groups in total. The van der Waals surface area contributed by atoms with E-state index in [2.05, 4.69) is 23.5 Å². The smallest absolute Gasteiger partial charge is 0.161 e. The summed E-state index contributed by atoms with van der Waals surface area (Å²) in [7, 11) is 5.02. The monoisotopic (exact) mass is 299 g/mol. The largest absolute Gasteiger partial charge is 0.497 e. The Labute approximate surface area is 131 Å². The van der Waals surface area contributed by atoms with Gasteiger partial charge in [-0.05, 0) is 47.4 Å². The highest BCUT2D eigenvalue weighted by Crippen LogP contribution is 2.35. The number of nitrogens with one attached hydrogen (secondary N) is 1. The second-order valence-electron chi connectivity index (χ2n) is 5.32. The van der Waals surface area contributed by atoms with E-state index in [1.54, 1.807) is 21.3 Å². The van der Waals surface area contributed by atoms with E-state index in [0.29, 0.717) is 0 Å². The minimum atomic E-state index is 0.162. The third-order valence-corrected chi connectivity index (χ3v) is 4.14. The Kier molecular flexibility index (Phi) is 4.20. The maximum absolute atomic E-state index is 5.42. The normalized spacial score (nSPS) is 16.8. The van der Waals surface area contributed by atoms with Gasteiger partial charge in [-0.3, -0.25) is 0 Å². The van der Waals surface area contributed by atoms with Crippen LogP contribution in [0.5, 0.6) is 17.2 Å². The van der Waals surface area contributed by atoms with Crippen molar-refractivity contribution < 1.29 is 14.2 Å². The molecule has 2 aromatic carbocycles. The van der Waals surface area contributed by atoms with E-state index in [9.17, 15) is 0 Å². The molecule has 1 heterocycles. The number of methoxy groups -OCH3 is 3. The van der Waals surface area contributed by atoms with Crippen molar-refractivity contribution in [1.82, 2.24) is 5.32 Å². The van der Waals surface area contributed by atoms with Gasteiger partial charge >= 0.3 is 0 Å². The maximum atomic E-state index is 5.42. The van der Waals surface area contributed by atoms with E-state index in [0.717, 1.165) is 30.2 Å². The fraction of sp³-hybridized carbons (Fsp3) is 0.333. The van der Waals surface area contributed by atoms with Gasteiger partial charge < -0.3 is 19.5 Å². The molecule has 0 saturated carbocycles. The first kappa shape index (κ1) is 14.7. The molecule has 4 nitrogen and oxygen atoms in total. The molecule has 4 heteroatoms. The summed E-state index contributed by atoms with van der Waals surface area (Å²) in [5, 5.41) is 3.58. The minimum absolute atomic E-state index is 0.162. The van der Waals surface area contributed by atoms with Crippen LogP contribution < -0.4 is 19.5 Å². The van der Waals surface area contributed by atoms with Crippen LogP contribution in [0.4, 0.5) is 0 Å². The molecule has 2 aromatic rings. The number of benzene rings is 2. The Morgan fingerprint density at radius 2 is 1.73 bits per heavy atom. The second-order valence-corrected chi connectivity index (χ2v) is 5.32. The van der Waals surface area contributed by atoms with Gasteiger partial charge in [-0.1, -0.05) is 12.1 Å². The molecule has 0 aliphatic carbocycles. The van der Waals surface area contributed by atoms with Crippen molar-refractivity contribution in [2.75, 3.05) is 27.9 Å². The first-order valence-corrected chi connectivity index (χ1v) is 7.39. The molecule has 22 heavy (non-hydrogen) atoms. The highest BCUT2D eigenvalue weighted by atomic mass is 16.5. The number of fused-ring (bicyclic) bond motifs is 1. The lowest BCUT2D eigenvalue weighted by molar-refractivity contribution is 0.354. The van der Waals surface area contributed by atoms with Crippen molar-refractivity contribution in [2.24, 2.45) is 0 Å².